The SMILES string of the molecule is Cc1nn(-c2ccccc2)c2sc(C(=O)OCc3nnc4n(C)c(=O)c5sccc5n34)cc12. The summed E-state index contributed by atoms with van der Waals surface area (Å²) < 4.78 is 11.2. The molecule has 0 spiro atoms. The van der Waals surface area contributed by atoms with E-state index in [9.17, 15) is 9.59 Å². The second kappa shape index (κ2) is 7.36. The van der Waals surface area contributed by atoms with Crippen LogP contribution in [0.15, 0.2) is 52.6 Å². The third-order valence-electron chi connectivity index (χ3n) is 5.48. The van der Waals surface area contributed by atoms with Crippen molar-refractivity contribution in [1.29, 1.82) is 0 Å². The first-order valence-corrected chi connectivity index (χ1v) is 11.7. The monoisotopic (exact) mass is 476 g/mol. The van der Waals surface area contributed by atoms with Crippen LogP contribution < -0.4 is 5.56 Å². The third kappa shape index (κ3) is 3.00. The van der Waals surface area contributed by atoms with Gasteiger partial charge in [-0.25, -0.2) is 9.48 Å². The van der Waals surface area contributed by atoms with Gasteiger partial charge in [0.05, 0.1) is 16.9 Å². The van der Waals surface area contributed by atoms with Crippen molar-refractivity contribution < 1.29 is 9.53 Å². The number of benzene rings is 1. The fraction of sp³-hybridized carbons (Fsp3) is 0.136. The van der Waals surface area contributed by atoms with Crippen LogP contribution in [0.3, 0.4) is 0 Å². The molecule has 0 fully saturated rings. The zero-order valence-corrected chi connectivity index (χ0v) is 19.2. The number of hydrogen-bond acceptors (Lipinski definition) is 8. The molecule has 0 N–H and O–H groups in total. The molecule has 0 saturated carbocycles. The van der Waals surface area contributed by atoms with Crippen LogP contribution in [0.5, 0.6) is 0 Å². The van der Waals surface area contributed by atoms with Crippen LogP contribution in [-0.2, 0) is 18.4 Å². The maximum atomic E-state index is 12.9. The van der Waals surface area contributed by atoms with Gasteiger partial charge in [-0.2, -0.15) is 5.10 Å². The van der Waals surface area contributed by atoms with Crippen molar-refractivity contribution in [2.24, 2.45) is 7.05 Å². The highest BCUT2D eigenvalue weighted by atomic mass is 32.1. The molecule has 5 heterocycles. The van der Waals surface area contributed by atoms with Gasteiger partial charge in [-0.15, -0.1) is 32.9 Å². The minimum absolute atomic E-state index is 0.0683. The molecule has 9 nitrogen and oxygen atoms in total. The van der Waals surface area contributed by atoms with Crippen LogP contribution in [0.2, 0.25) is 0 Å². The number of nitrogens with zero attached hydrogens (tertiary/aromatic N) is 6. The Balaban J connectivity index is 1.33. The predicted octanol–water partition coefficient (Wildman–Crippen LogP) is 3.71. The van der Waals surface area contributed by atoms with E-state index < -0.39 is 5.97 Å². The van der Waals surface area contributed by atoms with E-state index in [1.165, 1.54) is 27.2 Å². The summed E-state index contributed by atoms with van der Waals surface area (Å²) in [7, 11) is 1.65. The minimum Gasteiger partial charge on any atom is -0.453 e. The summed E-state index contributed by atoms with van der Waals surface area (Å²) in [5.74, 6) is 0.404. The molecule has 6 aromatic rings. The minimum atomic E-state index is -0.446. The lowest BCUT2D eigenvalue weighted by atomic mass is 10.3. The molecule has 0 unspecified atom stereocenters. The molecule has 0 aliphatic heterocycles. The van der Waals surface area contributed by atoms with Crippen molar-refractivity contribution in [3.63, 3.8) is 0 Å². The lowest BCUT2D eigenvalue weighted by molar-refractivity contribution is 0.0467. The topological polar surface area (TPSA) is 96.3 Å². The lowest BCUT2D eigenvalue weighted by Gasteiger charge is -2.05. The molecule has 0 aliphatic rings. The fourth-order valence-electron chi connectivity index (χ4n) is 3.84. The second-order valence-corrected chi connectivity index (χ2v) is 9.44. The van der Waals surface area contributed by atoms with Crippen LogP contribution in [-0.4, -0.2) is 34.9 Å². The van der Waals surface area contributed by atoms with Crippen molar-refractivity contribution in [3.05, 3.63) is 74.6 Å². The molecule has 5 aromatic heterocycles. The van der Waals surface area contributed by atoms with E-state index >= 15 is 0 Å². The van der Waals surface area contributed by atoms with Gasteiger partial charge < -0.3 is 4.74 Å². The number of fused-ring (bicyclic) bond motifs is 4. The standard InChI is InChI=1S/C22H16N6O3S2/c1-12-14-10-16(33-20(14)28(25-12)13-6-4-3-5-7-13)21(30)31-11-17-23-24-22-26(2)19(29)18-15(27(17)22)8-9-32-18/h3-10H,11H2,1-2H3. The van der Waals surface area contributed by atoms with Gasteiger partial charge in [-0.3, -0.25) is 13.8 Å². The van der Waals surface area contributed by atoms with Gasteiger partial charge in [-0.1, -0.05) is 18.2 Å². The van der Waals surface area contributed by atoms with Gasteiger partial charge in [0.15, 0.2) is 12.4 Å². The molecule has 33 heavy (non-hydrogen) atoms. The summed E-state index contributed by atoms with van der Waals surface area (Å²) in [4.78, 5) is 26.7. The van der Waals surface area contributed by atoms with Crippen LogP contribution in [0.25, 0.3) is 31.9 Å². The van der Waals surface area contributed by atoms with Gasteiger partial charge in [0.25, 0.3) is 5.56 Å². The quantitative estimate of drug-likeness (QED) is 0.360. The van der Waals surface area contributed by atoms with E-state index in [0.29, 0.717) is 26.7 Å². The van der Waals surface area contributed by atoms with Gasteiger partial charge in [0.1, 0.15) is 14.4 Å². The average Bonchev–Trinajstić information content (AvgIpc) is 3.60. The molecule has 0 saturated heterocycles. The highest BCUT2D eigenvalue weighted by molar-refractivity contribution is 7.20. The maximum absolute atomic E-state index is 12.9. The number of rotatable bonds is 4. The highest BCUT2D eigenvalue weighted by Crippen LogP contribution is 2.31. The molecular weight excluding hydrogens is 460 g/mol. The van der Waals surface area contributed by atoms with E-state index in [1.54, 1.807) is 11.4 Å². The number of carbonyl (C=O) groups excluding carboxylic acids is 1. The number of para-hydroxylation sites is 1. The van der Waals surface area contributed by atoms with Crippen LogP contribution in [0.4, 0.5) is 0 Å². The molecule has 164 valence electrons. The molecule has 1 aromatic carbocycles. The molecular formula is C22H16N6O3S2. The molecule has 11 heteroatoms. The van der Waals surface area contributed by atoms with E-state index in [-0.39, 0.29) is 12.2 Å². The summed E-state index contributed by atoms with van der Waals surface area (Å²) in [6, 6.07) is 13.4. The van der Waals surface area contributed by atoms with Gasteiger partial charge in [0.2, 0.25) is 5.78 Å². The van der Waals surface area contributed by atoms with Gasteiger partial charge >= 0.3 is 5.97 Å². The predicted molar refractivity (Wildman–Crippen MR) is 126 cm³/mol. The second-order valence-electron chi connectivity index (χ2n) is 7.49. The summed E-state index contributed by atoms with van der Waals surface area (Å²) >= 11 is 2.69. The Hall–Kier alpha value is -3.83. The average molecular weight is 477 g/mol. The smallest absolute Gasteiger partial charge is 0.348 e. The number of aromatic nitrogens is 6. The van der Waals surface area contributed by atoms with Crippen LogP contribution >= 0.6 is 22.7 Å². The number of esters is 1. The van der Waals surface area contributed by atoms with Crippen molar-refractivity contribution in [2.45, 2.75) is 13.5 Å². The van der Waals surface area contributed by atoms with Crippen molar-refractivity contribution >= 4 is 54.9 Å². The van der Waals surface area contributed by atoms with Crippen molar-refractivity contribution in [1.82, 2.24) is 28.9 Å². The Morgan fingerprint density at radius 2 is 1.97 bits per heavy atom. The first kappa shape index (κ1) is 19.8. The lowest BCUT2D eigenvalue weighted by Crippen LogP contribution is -2.19. The number of thiophene rings is 2. The van der Waals surface area contributed by atoms with E-state index in [0.717, 1.165) is 21.6 Å². The molecule has 0 bridgehead atoms. The molecule has 0 radical (unpaired) electrons. The Morgan fingerprint density at radius 1 is 1.15 bits per heavy atom. The number of hydrogen-bond donors (Lipinski definition) is 0. The number of ether oxygens (including phenoxy) is 1. The summed E-state index contributed by atoms with van der Waals surface area (Å²) in [6.07, 6.45) is 0. The Morgan fingerprint density at radius 3 is 2.79 bits per heavy atom. The Kier molecular flexibility index (Phi) is 4.42. The molecule has 6 rings (SSSR count). The zero-order chi connectivity index (χ0) is 22.7. The van der Waals surface area contributed by atoms with Crippen LogP contribution in [0, 0.1) is 6.92 Å². The molecule has 0 atom stereocenters. The van der Waals surface area contributed by atoms with Gasteiger partial charge in [-0.05, 0) is 36.6 Å². The van der Waals surface area contributed by atoms with Gasteiger partial charge in [0, 0.05) is 12.4 Å². The highest BCUT2D eigenvalue weighted by Gasteiger charge is 2.20. The molecule has 0 aliphatic carbocycles. The number of carbonyl (C=O) groups is 1. The number of aryl methyl sites for hydroxylation is 2. The first-order chi connectivity index (χ1) is 16.0. The van der Waals surface area contributed by atoms with Crippen LogP contribution in [0.1, 0.15) is 21.2 Å². The fourth-order valence-corrected chi connectivity index (χ4v) is 5.77. The van der Waals surface area contributed by atoms with Crippen molar-refractivity contribution in [2.75, 3.05) is 0 Å². The molecule has 0 amide bonds. The Bertz CT molecular complexity index is 1740. The Labute approximate surface area is 194 Å². The summed E-state index contributed by atoms with van der Waals surface area (Å²) in [6.45, 7) is 1.85. The summed E-state index contributed by atoms with van der Waals surface area (Å²) in [5.41, 5.74) is 2.34. The normalized spacial score (nSPS) is 11.7. The first-order valence-electron chi connectivity index (χ1n) is 10.0. The van der Waals surface area contributed by atoms with Crippen molar-refractivity contribution in [3.8, 4) is 5.69 Å². The van der Waals surface area contributed by atoms with E-state index in [2.05, 4.69) is 15.3 Å². The van der Waals surface area contributed by atoms with E-state index in [4.69, 9.17) is 4.74 Å². The maximum Gasteiger partial charge on any atom is 0.348 e. The summed E-state index contributed by atoms with van der Waals surface area (Å²) in [5, 5.41) is 15.7. The van der Waals surface area contributed by atoms with E-state index in [1.807, 2.05) is 59.5 Å². The zero-order valence-electron chi connectivity index (χ0n) is 17.6. The third-order valence-corrected chi connectivity index (χ3v) is 7.46. The largest absolute Gasteiger partial charge is 0.453 e.